The molecule has 2 bridgehead atoms. The number of thiophene rings is 1. The van der Waals surface area contributed by atoms with Crippen LogP contribution in [-0.4, -0.2) is 96.3 Å². The van der Waals surface area contributed by atoms with E-state index in [1.54, 1.807) is 0 Å². The van der Waals surface area contributed by atoms with Gasteiger partial charge < -0.3 is 35.5 Å². The fourth-order valence-electron chi connectivity index (χ4n) is 5.59. The maximum Gasteiger partial charge on any atom is 0.472 e. The second-order valence-corrected chi connectivity index (χ2v) is 14.1. The first-order valence-electron chi connectivity index (χ1n) is 13.3. The van der Waals surface area contributed by atoms with Crippen LogP contribution in [0, 0.1) is 0 Å². The molecule has 7 N–H and O–H groups in total. The number of aromatic amines is 1. The molecule has 46 heavy (non-hydrogen) atoms. The summed E-state index contributed by atoms with van der Waals surface area (Å²) in [4.78, 5) is 52.7. The van der Waals surface area contributed by atoms with Gasteiger partial charge in [-0.1, -0.05) is 0 Å². The number of nitrogens with one attached hydrogen (secondary N) is 1. The van der Waals surface area contributed by atoms with E-state index in [0.29, 0.717) is 0 Å². The molecule has 0 saturated carbocycles. The zero-order valence-electron chi connectivity index (χ0n) is 23.3. The fraction of sp³-hybridized carbons (Fsp3) is 0.500. The smallest absolute Gasteiger partial charge is 0.382 e. The predicted octanol–water partition coefficient (Wildman–Crippen LogP) is 0.697. The molecule has 3 aliphatic rings. The van der Waals surface area contributed by atoms with Gasteiger partial charge in [-0.25, -0.2) is 33.5 Å². The Balaban J connectivity index is 1.22. The average Bonchev–Trinajstić information content (AvgIpc) is 3.75. The first kappa shape index (κ1) is 31.6. The molecule has 24 heteroatoms. The molecular formula is C22H25FN8O12P2S. The van der Waals surface area contributed by atoms with E-state index in [1.165, 1.54) is 18.8 Å². The van der Waals surface area contributed by atoms with Crippen molar-refractivity contribution in [1.82, 2.24) is 29.5 Å². The normalized spacial score (nSPS) is 37.1. The van der Waals surface area contributed by atoms with E-state index in [1.807, 2.05) is 0 Å². The lowest BCUT2D eigenvalue weighted by atomic mass is 10.1. The van der Waals surface area contributed by atoms with Gasteiger partial charge >= 0.3 is 15.6 Å². The van der Waals surface area contributed by atoms with Crippen LogP contribution in [0.25, 0.3) is 22.1 Å². The number of phosphoric ester groups is 2. The molecule has 7 heterocycles. The Morgan fingerprint density at radius 1 is 1.07 bits per heavy atom. The maximum absolute atomic E-state index is 16.0. The lowest BCUT2D eigenvalue weighted by molar-refractivity contribution is -0.0547. The highest BCUT2D eigenvalue weighted by atomic mass is 32.1. The molecule has 3 fully saturated rings. The number of hydrogen-bond donors (Lipinski definition) is 5. The summed E-state index contributed by atoms with van der Waals surface area (Å²) in [5.74, 6) is -0.181. The third-order valence-electron chi connectivity index (χ3n) is 7.59. The number of ether oxygens (including phenoxy) is 3. The van der Waals surface area contributed by atoms with Gasteiger partial charge in [-0.3, -0.25) is 32.4 Å². The molecule has 10 atom stereocenters. The Labute approximate surface area is 259 Å². The second kappa shape index (κ2) is 11.6. The largest absolute Gasteiger partial charge is 0.472 e. The van der Waals surface area contributed by atoms with Crippen molar-refractivity contribution in [2.24, 2.45) is 0 Å². The summed E-state index contributed by atoms with van der Waals surface area (Å²) < 4.78 is 82.2. The molecule has 0 spiro atoms. The topological polar surface area (TPSA) is 281 Å². The van der Waals surface area contributed by atoms with Gasteiger partial charge in [0.2, 0.25) is 5.95 Å². The number of H-pyrrole nitrogens is 1. The van der Waals surface area contributed by atoms with Crippen LogP contribution in [-0.2, 0) is 41.4 Å². The number of anilines is 2. The van der Waals surface area contributed by atoms with E-state index in [4.69, 9.17) is 43.8 Å². The summed E-state index contributed by atoms with van der Waals surface area (Å²) in [7, 11) is -8.88. The molecule has 4 aromatic rings. The first-order valence-corrected chi connectivity index (χ1v) is 17.2. The molecule has 7 rings (SSSR count). The molecule has 3 saturated heterocycles. The van der Waals surface area contributed by atoms with Crippen molar-refractivity contribution in [3.63, 3.8) is 0 Å². The van der Waals surface area contributed by atoms with Crippen molar-refractivity contribution < 1.29 is 55.6 Å². The van der Waals surface area contributed by atoms with Crippen LogP contribution in [0.5, 0.6) is 0 Å². The average molecular weight is 706 g/mol. The Hall–Kier alpha value is -2.98. The van der Waals surface area contributed by atoms with Gasteiger partial charge in [0, 0.05) is 12.5 Å². The summed E-state index contributed by atoms with van der Waals surface area (Å²) >= 11 is 1.03. The lowest BCUT2D eigenvalue weighted by Gasteiger charge is -2.25. The first-order chi connectivity index (χ1) is 21.9. The minimum absolute atomic E-state index is 0.0111. The number of imidazole rings is 1. The van der Waals surface area contributed by atoms with E-state index < -0.39 is 83.4 Å². The van der Waals surface area contributed by atoms with Gasteiger partial charge in [0.05, 0.1) is 35.3 Å². The van der Waals surface area contributed by atoms with E-state index in [0.717, 1.165) is 22.2 Å². The molecule has 4 aromatic heterocycles. The van der Waals surface area contributed by atoms with Crippen molar-refractivity contribution in [3.8, 4) is 0 Å². The van der Waals surface area contributed by atoms with Crippen LogP contribution in [0.1, 0.15) is 17.2 Å². The van der Waals surface area contributed by atoms with Crippen LogP contribution in [0.3, 0.4) is 0 Å². The molecule has 0 aliphatic carbocycles. The molecule has 0 aromatic carbocycles. The highest BCUT2D eigenvalue weighted by Gasteiger charge is 2.55. The number of methoxy groups -OCH3 is 1. The second-order valence-electron chi connectivity index (χ2n) is 10.4. The third-order valence-corrected chi connectivity index (χ3v) is 10.6. The van der Waals surface area contributed by atoms with Crippen molar-refractivity contribution >= 4 is 60.8 Å². The Morgan fingerprint density at radius 3 is 2.52 bits per heavy atom. The highest BCUT2D eigenvalue weighted by molar-refractivity contribution is 7.47. The summed E-state index contributed by atoms with van der Waals surface area (Å²) in [5, 5.41) is 1.65. The van der Waals surface area contributed by atoms with Crippen LogP contribution in [0.2, 0.25) is 0 Å². The number of nitrogens with two attached hydrogens (primary N) is 2. The van der Waals surface area contributed by atoms with E-state index in [-0.39, 0.29) is 38.7 Å². The van der Waals surface area contributed by atoms with Gasteiger partial charge in [0.15, 0.2) is 23.9 Å². The van der Waals surface area contributed by atoms with Crippen molar-refractivity contribution in [2.45, 2.75) is 49.0 Å². The SMILES string of the molecule is CO[C@H]1[C@H]2OP(=O)(O)OC[C@H]3O[C@@H](n4cnc5c(N)ncnc54)[C@H](F)[C@@H]3OP(=O)(O)OC[C@H]1O[C@H]2c1scc2c(=O)[nH]c(N)nc12. The van der Waals surface area contributed by atoms with Crippen LogP contribution >= 0.6 is 27.0 Å². The van der Waals surface area contributed by atoms with Crippen LogP contribution in [0.15, 0.2) is 22.8 Å². The third kappa shape index (κ3) is 5.53. The van der Waals surface area contributed by atoms with E-state index >= 15 is 4.39 Å². The molecule has 248 valence electrons. The van der Waals surface area contributed by atoms with Crippen LogP contribution in [0.4, 0.5) is 16.2 Å². The minimum Gasteiger partial charge on any atom is -0.382 e. The number of nitrogen functional groups attached to an aromatic ring is 2. The number of aromatic nitrogens is 6. The monoisotopic (exact) mass is 706 g/mol. The van der Waals surface area contributed by atoms with Gasteiger partial charge in [0.25, 0.3) is 5.56 Å². The zero-order chi connectivity index (χ0) is 32.5. The Bertz CT molecular complexity index is 1960. The summed E-state index contributed by atoms with van der Waals surface area (Å²) in [6, 6.07) is 0. The van der Waals surface area contributed by atoms with Crippen molar-refractivity contribution in [3.05, 3.63) is 33.3 Å². The number of phosphoric acid groups is 2. The number of hydrogen-bond acceptors (Lipinski definition) is 17. The Kier molecular flexibility index (Phi) is 7.98. The van der Waals surface area contributed by atoms with Gasteiger partial charge in [0.1, 0.15) is 48.5 Å². The van der Waals surface area contributed by atoms with E-state index in [9.17, 15) is 23.7 Å². The molecule has 2 unspecified atom stereocenters. The quantitative estimate of drug-likeness (QED) is 0.183. The predicted molar refractivity (Wildman–Crippen MR) is 153 cm³/mol. The molecule has 0 amide bonds. The number of rotatable bonds is 3. The van der Waals surface area contributed by atoms with Crippen molar-refractivity contribution in [1.29, 1.82) is 0 Å². The molecule has 20 nitrogen and oxygen atoms in total. The van der Waals surface area contributed by atoms with Gasteiger partial charge in [-0.2, -0.15) is 0 Å². The number of nitrogens with zero attached hydrogens (tertiary/aromatic N) is 5. The summed E-state index contributed by atoms with van der Waals surface area (Å²) in [6.07, 6.45) is -9.87. The summed E-state index contributed by atoms with van der Waals surface area (Å²) in [5.41, 5.74) is 11.4. The standard InChI is InChI=1S/C22H25FN8O12P2S/c1-37-14-9-3-39-44(33,34)42-13-8(41-21(10(13)23)31-6-28-12-18(24)26-5-27-19(12)31)2-38-45(35,36)43-15(14)16(40-9)17-11-7(4-46-17)20(32)30-22(25)29-11/h4-6,8-10,13-16,21H,2-3H2,1H3,(H,33,34)(H,35,36)(H2,24,26,27)(H3,25,29,30,32)/t8-,9-,10-,13-,14-,15-,16-,21-/m1/s1. The lowest BCUT2D eigenvalue weighted by Crippen LogP contribution is -2.36. The summed E-state index contributed by atoms with van der Waals surface area (Å²) in [6.45, 7) is -1.53. The maximum atomic E-state index is 16.0. The molecular weight excluding hydrogens is 681 g/mol. The number of halogens is 1. The number of alkyl halides is 1. The van der Waals surface area contributed by atoms with Gasteiger partial charge in [-0.15, -0.1) is 11.3 Å². The molecule has 3 aliphatic heterocycles. The fourth-order valence-corrected chi connectivity index (χ4v) is 8.53. The molecule has 0 radical (unpaired) electrons. The van der Waals surface area contributed by atoms with E-state index in [2.05, 4.69) is 24.9 Å². The van der Waals surface area contributed by atoms with Gasteiger partial charge in [-0.05, 0) is 0 Å². The minimum atomic E-state index is -5.08. The number of fused-ring (bicyclic) bond motifs is 5. The highest BCUT2D eigenvalue weighted by Crippen LogP contribution is 2.55. The zero-order valence-corrected chi connectivity index (χ0v) is 25.9. The Morgan fingerprint density at radius 2 is 1.78 bits per heavy atom. The van der Waals surface area contributed by atoms with Crippen molar-refractivity contribution in [2.75, 3.05) is 31.8 Å². The van der Waals surface area contributed by atoms with Crippen LogP contribution < -0.4 is 17.0 Å².